The molecule has 1 aromatic rings. The highest BCUT2D eigenvalue weighted by Gasteiger charge is 2.38. The van der Waals surface area contributed by atoms with E-state index in [1.54, 1.807) is 6.07 Å². The molecule has 0 spiro atoms. The van der Waals surface area contributed by atoms with Crippen LogP contribution in [0.25, 0.3) is 0 Å². The molecule has 1 aliphatic carbocycles. The van der Waals surface area contributed by atoms with Crippen molar-refractivity contribution in [1.29, 1.82) is 0 Å². The number of likely N-dealkylation sites (tertiary alicyclic amines) is 1. The summed E-state index contributed by atoms with van der Waals surface area (Å²) in [5, 5.41) is 2.47. The molecule has 7 heteroatoms. The molecule has 0 radical (unpaired) electrons. The van der Waals surface area contributed by atoms with E-state index in [1.165, 1.54) is 25.0 Å². The zero-order valence-corrected chi connectivity index (χ0v) is 15.6. The van der Waals surface area contributed by atoms with Crippen LogP contribution in [0.15, 0.2) is 18.2 Å². The van der Waals surface area contributed by atoms with Gasteiger partial charge in [-0.3, -0.25) is 9.69 Å². The molecule has 4 rings (SSSR count). The number of alkyl halides is 3. The average Bonchev–Trinajstić information content (AvgIpc) is 3.21. The van der Waals surface area contributed by atoms with Crippen molar-refractivity contribution in [3.05, 3.63) is 23.8 Å². The number of nitrogens with one attached hydrogen (secondary N) is 1. The third-order valence-corrected chi connectivity index (χ3v) is 6.12. The van der Waals surface area contributed by atoms with Crippen LogP contribution in [0.1, 0.15) is 44.6 Å². The van der Waals surface area contributed by atoms with E-state index in [9.17, 15) is 18.0 Å². The summed E-state index contributed by atoms with van der Waals surface area (Å²) < 4.78 is 40.7. The second-order valence-corrected chi connectivity index (χ2v) is 8.11. The van der Waals surface area contributed by atoms with Gasteiger partial charge >= 0.3 is 6.18 Å². The number of hydrogen-bond acceptors (Lipinski definition) is 3. The number of hydrogen-bond donors (Lipinski definition) is 1. The summed E-state index contributed by atoms with van der Waals surface area (Å²) in [6.45, 7) is 4.84. The van der Waals surface area contributed by atoms with Gasteiger partial charge in [0, 0.05) is 36.8 Å². The van der Waals surface area contributed by atoms with Crippen molar-refractivity contribution in [3.8, 4) is 0 Å². The van der Waals surface area contributed by atoms with Crippen molar-refractivity contribution in [2.45, 2.75) is 57.3 Å². The number of anilines is 2. The van der Waals surface area contributed by atoms with Crippen LogP contribution < -0.4 is 10.2 Å². The summed E-state index contributed by atoms with van der Waals surface area (Å²) in [7, 11) is 0. The first-order valence-corrected chi connectivity index (χ1v) is 9.86. The molecule has 2 atom stereocenters. The molecule has 1 aromatic carbocycles. The Kier molecular flexibility index (Phi) is 4.82. The molecule has 0 aromatic heterocycles. The molecule has 1 amide bonds. The number of rotatable bonds is 4. The molecule has 1 N–H and O–H groups in total. The van der Waals surface area contributed by atoms with Crippen molar-refractivity contribution < 1.29 is 18.0 Å². The monoisotopic (exact) mass is 381 g/mol. The lowest BCUT2D eigenvalue weighted by atomic mass is 10.1. The molecule has 0 bridgehead atoms. The van der Waals surface area contributed by atoms with Gasteiger partial charge in [0.1, 0.15) is 0 Å². The Labute approximate surface area is 157 Å². The summed E-state index contributed by atoms with van der Waals surface area (Å²) in [5.74, 6) is -0.440. The minimum Gasteiger partial charge on any atom is -0.370 e. The van der Waals surface area contributed by atoms with Gasteiger partial charge in [-0.25, -0.2) is 0 Å². The predicted molar refractivity (Wildman–Crippen MR) is 98.8 cm³/mol. The van der Waals surface area contributed by atoms with Crippen molar-refractivity contribution in [2.24, 2.45) is 5.92 Å². The van der Waals surface area contributed by atoms with Crippen LogP contribution >= 0.6 is 0 Å². The topological polar surface area (TPSA) is 35.6 Å². The Hall–Kier alpha value is -1.76. The molecule has 3 aliphatic rings. The zero-order chi connectivity index (χ0) is 19.2. The molecule has 3 fully saturated rings. The van der Waals surface area contributed by atoms with Crippen molar-refractivity contribution in [2.75, 3.05) is 29.9 Å². The summed E-state index contributed by atoms with van der Waals surface area (Å²) in [6, 6.07) is 5.27. The van der Waals surface area contributed by atoms with E-state index in [1.807, 2.05) is 4.90 Å². The molecule has 2 saturated heterocycles. The zero-order valence-electron chi connectivity index (χ0n) is 15.6. The number of carbonyl (C=O) groups excluding carboxylic acids is 1. The highest BCUT2D eigenvalue weighted by molar-refractivity contribution is 5.95. The van der Waals surface area contributed by atoms with Gasteiger partial charge in [0.05, 0.1) is 11.3 Å². The predicted octanol–water partition coefficient (Wildman–Crippen LogP) is 4.12. The van der Waals surface area contributed by atoms with E-state index in [0.29, 0.717) is 17.8 Å². The molecular formula is C20H26F3N3O. The number of nitrogens with zero attached hydrogens (tertiary/aromatic N) is 2. The van der Waals surface area contributed by atoms with Gasteiger partial charge in [0.15, 0.2) is 0 Å². The first-order chi connectivity index (χ1) is 12.8. The SMILES string of the molecule is CC1CCCN1C1CCN(c2ccc(NC(=O)C3CC3)c(C(F)(F)F)c2)C1. The van der Waals surface area contributed by atoms with Crippen LogP contribution in [0, 0.1) is 5.92 Å². The number of carbonyl (C=O) groups is 1. The van der Waals surface area contributed by atoms with Crippen molar-refractivity contribution >= 4 is 17.3 Å². The van der Waals surface area contributed by atoms with E-state index in [0.717, 1.165) is 38.9 Å². The lowest BCUT2D eigenvalue weighted by Crippen LogP contribution is -2.39. The van der Waals surface area contributed by atoms with E-state index in [4.69, 9.17) is 0 Å². The van der Waals surface area contributed by atoms with Crippen LogP contribution in [0.5, 0.6) is 0 Å². The maximum absolute atomic E-state index is 13.6. The molecule has 2 aliphatic heterocycles. The van der Waals surface area contributed by atoms with Crippen LogP contribution in [0.4, 0.5) is 24.5 Å². The summed E-state index contributed by atoms with van der Waals surface area (Å²) >= 11 is 0. The maximum atomic E-state index is 13.6. The minimum atomic E-state index is -4.50. The van der Waals surface area contributed by atoms with E-state index < -0.39 is 11.7 Å². The van der Waals surface area contributed by atoms with Gasteiger partial charge in [-0.1, -0.05) is 0 Å². The Morgan fingerprint density at radius 3 is 2.56 bits per heavy atom. The second-order valence-electron chi connectivity index (χ2n) is 8.11. The van der Waals surface area contributed by atoms with Crippen LogP contribution in [-0.2, 0) is 11.0 Å². The Balaban J connectivity index is 1.52. The third kappa shape index (κ3) is 3.93. The van der Waals surface area contributed by atoms with E-state index in [-0.39, 0.29) is 17.5 Å². The summed E-state index contributed by atoms with van der Waals surface area (Å²) in [5.41, 5.74) is -0.305. The largest absolute Gasteiger partial charge is 0.418 e. The first kappa shape index (κ1) is 18.6. The van der Waals surface area contributed by atoms with Crippen molar-refractivity contribution in [3.63, 3.8) is 0 Å². The fourth-order valence-corrected chi connectivity index (χ4v) is 4.40. The quantitative estimate of drug-likeness (QED) is 0.852. The lowest BCUT2D eigenvalue weighted by Gasteiger charge is -2.29. The van der Waals surface area contributed by atoms with Gasteiger partial charge in [-0.15, -0.1) is 0 Å². The molecule has 2 heterocycles. The van der Waals surface area contributed by atoms with Crippen LogP contribution in [0.2, 0.25) is 0 Å². The molecule has 4 nitrogen and oxygen atoms in total. The summed E-state index contributed by atoms with van der Waals surface area (Å²) in [4.78, 5) is 16.5. The van der Waals surface area contributed by atoms with Gasteiger partial charge in [0.2, 0.25) is 5.91 Å². The average molecular weight is 381 g/mol. The van der Waals surface area contributed by atoms with Crippen LogP contribution in [-0.4, -0.2) is 42.5 Å². The van der Waals surface area contributed by atoms with Gasteiger partial charge in [-0.2, -0.15) is 13.2 Å². The maximum Gasteiger partial charge on any atom is 0.418 e. The lowest BCUT2D eigenvalue weighted by molar-refractivity contribution is -0.136. The van der Waals surface area contributed by atoms with Crippen LogP contribution in [0.3, 0.4) is 0 Å². The standard InChI is InChI=1S/C20H26F3N3O/c1-13-3-2-9-26(13)16-8-10-25(12-16)15-6-7-18(17(11-15)20(21,22)23)24-19(27)14-4-5-14/h6-7,11,13-14,16H,2-5,8-10,12H2,1H3,(H,24,27). The number of benzene rings is 1. The Morgan fingerprint density at radius 2 is 1.93 bits per heavy atom. The number of halogens is 3. The van der Waals surface area contributed by atoms with Crippen molar-refractivity contribution in [1.82, 2.24) is 4.90 Å². The Bertz CT molecular complexity index is 717. The summed E-state index contributed by atoms with van der Waals surface area (Å²) in [6.07, 6.45) is 0.400. The van der Waals surface area contributed by atoms with E-state index in [2.05, 4.69) is 17.1 Å². The molecule has 1 saturated carbocycles. The molecule has 2 unspecified atom stereocenters. The highest BCUT2D eigenvalue weighted by atomic mass is 19.4. The molecular weight excluding hydrogens is 355 g/mol. The Morgan fingerprint density at radius 1 is 1.15 bits per heavy atom. The van der Waals surface area contributed by atoms with Gasteiger partial charge in [-0.05, 0) is 63.8 Å². The number of amides is 1. The highest BCUT2D eigenvalue weighted by Crippen LogP contribution is 2.39. The molecule has 27 heavy (non-hydrogen) atoms. The molecule has 148 valence electrons. The first-order valence-electron chi connectivity index (χ1n) is 9.86. The smallest absolute Gasteiger partial charge is 0.370 e. The van der Waals surface area contributed by atoms with Gasteiger partial charge in [0.25, 0.3) is 0 Å². The van der Waals surface area contributed by atoms with E-state index >= 15 is 0 Å². The minimum absolute atomic E-state index is 0.132. The normalized spacial score (nSPS) is 26.6. The second kappa shape index (κ2) is 7.00. The fraction of sp³-hybridized carbons (Fsp3) is 0.650. The fourth-order valence-electron chi connectivity index (χ4n) is 4.40. The third-order valence-electron chi connectivity index (χ3n) is 6.12. The van der Waals surface area contributed by atoms with Gasteiger partial charge < -0.3 is 10.2 Å².